The van der Waals surface area contributed by atoms with Gasteiger partial charge in [0.1, 0.15) is 6.04 Å². The average Bonchev–Trinajstić information content (AvgIpc) is 2.96. The molecule has 4 N–H and O–H groups in total. The lowest BCUT2D eigenvalue weighted by Crippen LogP contribution is -2.50. The molecular weight excluding hydrogens is 218 g/mol. The van der Waals surface area contributed by atoms with E-state index in [-0.39, 0.29) is 24.0 Å². The second-order valence-corrected chi connectivity index (χ2v) is 5.74. The summed E-state index contributed by atoms with van der Waals surface area (Å²) in [6, 6.07) is -0.0743. The van der Waals surface area contributed by atoms with E-state index in [0.29, 0.717) is 6.04 Å². The Bertz CT molecular complexity index is 302. The monoisotopic (exact) mass is 241 g/mol. The van der Waals surface area contributed by atoms with Crippen molar-refractivity contribution in [2.75, 3.05) is 19.7 Å². The number of nitrogens with two attached hydrogens (primary N) is 1. The third-order valence-electron chi connectivity index (χ3n) is 4.15. The van der Waals surface area contributed by atoms with Crippen molar-refractivity contribution >= 4 is 5.91 Å². The van der Waals surface area contributed by atoms with Crippen LogP contribution in [0.15, 0.2) is 0 Å². The van der Waals surface area contributed by atoms with Crippen molar-refractivity contribution in [2.24, 2.45) is 11.1 Å². The second-order valence-electron chi connectivity index (χ2n) is 5.74. The number of aliphatic hydroxyl groups excluding tert-OH is 1. The van der Waals surface area contributed by atoms with Crippen LogP contribution in [-0.2, 0) is 4.79 Å². The van der Waals surface area contributed by atoms with Gasteiger partial charge in [-0.15, -0.1) is 0 Å². The van der Waals surface area contributed by atoms with Crippen LogP contribution in [0.5, 0.6) is 0 Å². The van der Waals surface area contributed by atoms with Gasteiger partial charge in [-0.2, -0.15) is 0 Å². The maximum Gasteiger partial charge on any atom is 0.239 e. The summed E-state index contributed by atoms with van der Waals surface area (Å²) in [6.45, 7) is 6.05. The van der Waals surface area contributed by atoms with Gasteiger partial charge in [-0.25, -0.2) is 0 Å². The minimum Gasteiger partial charge on any atom is -0.394 e. The fourth-order valence-electron chi connectivity index (χ4n) is 2.63. The zero-order valence-corrected chi connectivity index (χ0v) is 10.6. The Labute approximate surface area is 102 Å². The highest BCUT2D eigenvalue weighted by Crippen LogP contribution is 2.53. The summed E-state index contributed by atoms with van der Waals surface area (Å²) in [4.78, 5) is 14.1. The molecule has 0 radical (unpaired) electrons. The van der Waals surface area contributed by atoms with Crippen molar-refractivity contribution in [3.8, 4) is 0 Å². The molecule has 1 aliphatic carbocycles. The van der Waals surface area contributed by atoms with E-state index in [4.69, 9.17) is 10.8 Å². The second kappa shape index (κ2) is 4.55. The van der Waals surface area contributed by atoms with Gasteiger partial charge in [-0.05, 0) is 26.7 Å². The van der Waals surface area contributed by atoms with Crippen LogP contribution in [-0.4, -0.2) is 53.7 Å². The highest BCUT2D eigenvalue weighted by molar-refractivity contribution is 5.82. The summed E-state index contributed by atoms with van der Waals surface area (Å²) in [5, 5.41) is 11.9. The number of rotatable bonds is 4. The molecule has 1 saturated carbocycles. The highest BCUT2D eigenvalue weighted by Gasteiger charge is 2.55. The first-order valence-corrected chi connectivity index (χ1v) is 6.39. The SMILES string of the molecule is CC(C)N1C[C@H](NC(=O)[C@@H](N)CO)C2(CC2)C1. The lowest BCUT2D eigenvalue weighted by atomic mass is 10.0. The summed E-state index contributed by atoms with van der Waals surface area (Å²) in [5.41, 5.74) is 5.81. The largest absolute Gasteiger partial charge is 0.394 e. The summed E-state index contributed by atoms with van der Waals surface area (Å²) >= 11 is 0. The highest BCUT2D eigenvalue weighted by atomic mass is 16.3. The van der Waals surface area contributed by atoms with E-state index in [1.165, 1.54) is 12.8 Å². The van der Waals surface area contributed by atoms with Gasteiger partial charge in [0.05, 0.1) is 6.61 Å². The lowest BCUT2D eigenvalue weighted by Gasteiger charge is -2.21. The predicted molar refractivity (Wildman–Crippen MR) is 65.4 cm³/mol. The first kappa shape index (κ1) is 12.8. The van der Waals surface area contributed by atoms with Crippen LogP contribution < -0.4 is 11.1 Å². The van der Waals surface area contributed by atoms with Crippen LogP contribution >= 0.6 is 0 Å². The molecule has 0 aromatic heterocycles. The number of hydrogen-bond acceptors (Lipinski definition) is 4. The summed E-state index contributed by atoms with van der Waals surface area (Å²) in [6.07, 6.45) is 2.38. The zero-order chi connectivity index (χ0) is 12.6. The number of nitrogens with zero attached hydrogens (tertiary/aromatic N) is 1. The third-order valence-corrected chi connectivity index (χ3v) is 4.15. The van der Waals surface area contributed by atoms with E-state index in [0.717, 1.165) is 13.1 Å². The summed E-state index contributed by atoms with van der Waals surface area (Å²) in [7, 11) is 0. The van der Waals surface area contributed by atoms with E-state index in [9.17, 15) is 4.79 Å². The van der Waals surface area contributed by atoms with Gasteiger partial charge in [0.15, 0.2) is 0 Å². The molecule has 2 atom stereocenters. The topological polar surface area (TPSA) is 78.6 Å². The maximum absolute atomic E-state index is 11.7. The number of nitrogens with one attached hydrogen (secondary N) is 1. The van der Waals surface area contributed by atoms with Crippen LogP contribution in [0.4, 0.5) is 0 Å². The van der Waals surface area contributed by atoms with Gasteiger partial charge >= 0.3 is 0 Å². The molecule has 0 bridgehead atoms. The van der Waals surface area contributed by atoms with Gasteiger partial charge in [0.2, 0.25) is 5.91 Å². The summed E-state index contributed by atoms with van der Waals surface area (Å²) in [5.74, 6) is -0.227. The van der Waals surface area contributed by atoms with Crippen LogP contribution in [0.1, 0.15) is 26.7 Å². The quantitative estimate of drug-likeness (QED) is 0.608. The Morgan fingerprint density at radius 3 is 2.71 bits per heavy atom. The number of amides is 1. The minimum atomic E-state index is -0.793. The molecule has 5 heteroatoms. The predicted octanol–water partition coefficient (Wildman–Crippen LogP) is -0.705. The van der Waals surface area contributed by atoms with Crippen LogP contribution in [0.3, 0.4) is 0 Å². The third kappa shape index (κ3) is 2.46. The molecule has 98 valence electrons. The fourth-order valence-corrected chi connectivity index (χ4v) is 2.63. The van der Waals surface area contributed by atoms with Crippen molar-refractivity contribution in [1.82, 2.24) is 10.2 Å². The molecule has 5 nitrogen and oxygen atoms in total. The molecule has 1 aliphatic heterocycles. The van der Waals surface area contributed by atoms with Crippen molar-refractivity contribution in [1.29, 1.82) is 0 Å². The Morgan fingerprint density at radius 2 is 2.24 bits per heavy atom. The number of likely N-dealkylation sites (tertiary alicyclic amines) is 1. The molecule has 2 aliphatic rings. The summed E-state index contributed by atoms with van der Waals surface area (Å²) < 4.78 is 0. The Morgan fingerprint density at radius 1 is 1.59 bits per heavy atom. The molecule has 1 heterocycles. The minimum absolute atomic E-state index is 0.204. The van der Waals surface area contributed by atoms with E-state index in [1.807, 2.05) is 0 Å². The maximum atomic E-state index is 11.7. The molecule has 1 saturated heterocycles. The van der Waals surface area contributed by atoms with Crippen molar-refractivity contribution in [3.05, 3.63) is 0 Å². The number of carbonyl (C=O) groups excluding carboxylic acids is 1. The Hall–Kier alpha value is -0.650. The van der Waals surface area contributed by atoms with Gasteiger partial charge in [0.25, 0.3) is 0 Å². The molecule has 1 spiro atoms. The molecule has 0 aromatic rings. The lowest BCUT2D eigenvalue weighted by molar-refractivity contribution is -0.124. The van der Waals surface area contributed by atoms with Crippen LogP contribution in [0, 0.1) is 5.41 Å². The van der Waals surface area contributed by atoms with E-state index < -0.39 is 6.04 Å². The first-order chi connectivity index (χ1) is 7.98. The van der Waals surface area contributed by atoms with Crippen molar-refractivity contribution in [2.45, 2.75) is 44.8 Å². The van der Waals surface area contributed by atoms with Crippen molar-refractivity contribution in [3.63, 3.8) is 0 Å². The van der Waals surface area contributed by atoms with Gasteiger partial charge < -0.3 is 16.2 Å². The molecular formula is C12H23N3O2. The Kier molecular flexibility index (Phi) is 3.43. The fraction of sp³-hybridized carbons (Fsp3) is 0.917. The van der Waals surface area contributed by atoms with Crippen molar-refractivity contribution < 1.29 is 9.90 Å². The molecule has 0 unspecified atom stereocenters. The van der Waals surface area contributed by atoms with Gasteiger partial charge in [-0.1, -0.05) is 0 Å². The normalized spacial score (nSPS) is 28.6. The number of hydrogen-bond donors (Lipinski definition) is 3. The first-order valence-electron chi connectivity index (χ1n) is 6.39. The number of carbonyl (C=O) groups is 1. The zero-order valence-electron chi connectivity index (χ0n) is 10.6. The molecule has 17 heavy (non-hydrogen) atoms. The van der Waals surface area contributed by atoms with Crippen LogP contribution in [0.25, 0.3) is 0 Å². The molecule has 1 amide bonds. The molecule has 2 fully saturated rings. The van der Waals surface area contributed by atoms with E-state index >= 15 is 0 Å². The number of aliphatic hydroxyl groups is 1. The standard InChI is InChI=1S/C12H23N3O2/c1-8(2)15-5-10(12(7-15)3-4-12)14-11(17)9(13)6-16/h8-10,16H,3-7,13H2,1-2H3,(H,14,17)/t9-,10-/m0/s1. The molecule has 2 rings (SSSR count). The van der Waals surface area contributed by atoms with Gasteiger partial charge in [0, 0.05) is 30.6 Å². The van der Waals surface area contributed by atoms with E-state index in [1.54, 1.807) is 0 Å². The van der Waals surface area contributed by atoms with Crippen LogP contribution in [0.2, 0.25) is 0 Å². The Balaban J connectivity index is 1.95. The van der Waals surface area contributed by atoms with E-state index in [2.05, 4.69) is 24.1 Å². The average molecular weight is 241 g/mol. The molecule has 0 aromatic carbocycles. The smallest absolute Gasteiger partial charge is 0.239 e. The van der Waals surface area contributed by atoms with Gasteiger partial charge in [-0.3, -0.25) is 9.69 Å².